The van der Waals surface area contributed by atoms with Crippen LogP contribution in [0.25, 0.3) is 0 Å². The van der Waals surface area contributed by atoms with Crippen molar-refractivity contribution < 1.29 is 19.5 Å². The molecule has 2 amide bonds. The van der Waals surface area contributed by atoms with Crippen molar-refractivity contribution in [2.24, 2.45) is 0 Å². The Kier molecular flexibility index (Phi) is 3.83. The summed E-state index contributed by atoms with van der Waals surface area (Å²) >= 11 is 0. The van der Waals surface area contributed by atoms with Crippen molar-refractivity contribution in [2.75, 3.05) is 20.1 Å². The number of carboxylic acids is 1. The molecule has 0 radical (unpaired) electrons. The molecule has 2 atom stereocenters. The zero-order valence-electron chi connectivity index (χ0n) is 9.19. The van der Waals surface area contributed by atoms with Crippen LogP contribution in [0.3, 0.4) is 0 Å². The summed E-state index contributed by atoms with van der Waals surface area (Å²) < 4.78 is 0. The highest BCUT2D eigenvalue weighted by Crippen LogP contribution is 2.01. The van der Waals surface area contributed by atoms with Crippen LogP contribution in [-0.2, 0) is 14.4 Å². The Morgan fingerprint density at radius 3 is 2.62 bits per heavy atom. The van der Waals surface area contributed by atoms with Crippen LogP contribution < -0.4 is 10.6 Å². The first kappa shape index (κ1) is 12.4. The van der Waals surface area contributed by atoms with Crippen molar-refractivity contribution in [1.29, 1.82) is 0 Å². The van der Waals surface area contributed by atoms with Gasteiger partial charge in [-0.15, -0.1) is 0 Å². The second kappa shape index (κ2) is 4.93. The third-order valence-electron chi connectivity index (χ3n) is 2.60. The molecule has 1 fully saturated rings. The van der Waals surface area contributed by atoms with E-state index in [0.29, 0.717) is 0 Å². The van der Waals surface area contributed by atoms with Crippen molar-refractivity contribution in [3.8, 4) is 0 Å². The number of amides is 2. The molecule has 1 saturated heterocycles. The number of nitrogens with zero attached hydrogens (tertiary/aromatic N) is 1. The zero-order valence-corrected chi connectivity index (χ0v) is 9.19. The number of aliphatic carboxylic acids is 1. The van der Waals surface area contributed by atoms with Gasteiger partial charge in [0.2, 0.25) is 11.8 Å². The van der Waals surface area contributed by atoms with Crippen molar-refractivity contribution in [3.05, 3.63) is 0 Å². The monoisotopic (exact) mass is 229 g/mol. The molecular formula is C9H15N3O4. The fraction of sp³-hybridized carbons (Fsp3) is 0.667. The first-order valence-electron chi connectivity index (χ1n) is 4.93. The number of nitrogens with one attached hydrogen (secondary N) is 2. The molecule has 1 aliphatic heterocycles. The summed E-state index contributed by atoms with van der Waals surface area (Å²) in [6.45, 7) is 1.70. The molecule has 0 saturated carbocycles. The van der Waals surface area contributed by atoms with Crippen LogP contribution in [-0.4, -0.2) is 60.0 Å². The van der Waals surface area contributed by atoms with Gasteiger partial charge in [-0.3, -0.25) is 14.9 Å². The third-order valence-corrected chi connectivity index (χ3v) is 2.60. The average molecular weight is 229 g/mol. The molecule has 0 spiro atoms. The smallest absolute Gasteiger partial charge is 0.326 e. The van der Waals surface area contributed by atoms with Crippen LogP contribution in [0.1, 0.15) is 6.92 Å². The Balaban J connectivity index is 2.57. The normalized spacial score (nSPS) is 22.1. The minimum absolute atomic E-state index is 0.0751. The molecule has 1 heterocycles. The van der Waals surface area contributed by atoms with Gasteiger partial charge in [-0.2, -0.15) is 0 Å². The van der Waals surface area contributed by atoms with Gasteiger partial charge in [-0.25, -0.2) is 4.79 Å². The zero-order chi connectivity index (χ0) is 12.3. The first-order chi connectivity index (χ1) is 7.43. The maximum Gasteiger partial charge on any atom is 0.326 e. The number of piperazine rings is 1. The van der Waals surface area contributed by atoms with Crippen LogP contribution >= 0.6 is 0 Å². The fourth-order valence-corrected chi connectivity index (χ4v) is 1.34. The lowest BCUT2D eigenvalue weighted by Gasteiger charge is -2.29. The summed E-state index contributed by atoms with van der Waals surface area (Å²) in [6.07, 6.45) is 0. The van der Waals surface area contributed by atoms with Gasteiger partial charge in [0.1, 0.15) is 12.1 Å². The molecule has 0 bridgehead atoms. The van der Waals surface area contributed by atoms with Gasteiger partial charge < -0.3 is 15.3 Å². The van der Waals surface area contributed by atoms with Gasteiger partial charge in [0.05, 0.1) is 6.54 Å². The highest BCUT2D eigenvalue weighted by molar-refractivity contribution is 5.89. The van der Waals surface area contributed by atoms with E-state index in [1.54, 1.807) is 0 Å². The standard InChI is InChI=1S/C9H15N3O4/c1-5(9(15)16)12(2)8(14)6-3-11-7(13)4-10-6/h5-6,10H,3-4H2,1-2H3,(H,11,13)(H,15,16). The summed E-state index contributed by atoms with van der Waals surface area (Å²) in [7, 11) is 1.43. The molecule has 1 rings (SSSR count). The highest BCUT2D eigenvalue weighted by Gasteiger charge is 2.30. The maximum absolute atomic E-state index is 11.8. The summed E-state index contributed by atoms with van der Waals surface area (Å²) in [5.41, 5.74) is 0. The third kappa shape index (κ3) is 2.69. The molecule has 2 unspecified atom stereocenters. The predicted molar refractivity (Wildman–Crippen MR) is 54.7 cm³/mol. The summed E-state index contributed by atoms with van der Waals surface area (Å²) in [5.74, 6) is -1.57. The van der Waals surface area contributed by atoms with E-state index in [-0.39, 0.29) is 24.9 Å². The van der Waals surface area contributed by atoms with Crippen LogP contribution in [0.4, 0.5) is 0 Å². The quantitative estimate of drug-likeness (QED) is 0.520. The number of rotatable bonds is 3. The van der Waals surface area contributed by atoms with Crippen LogP contribution in [0.5, 0.6) is 0 Å². The molecule has 1 aliphatic rings. The second-order valence-electron chi connectivity index (χ2n) is 3.70. The van der Waals surface area contributed by atoms with Crippen molar-refractivity contribution in [2.45, 2.75) is 19.0 Å². The Bertz CT molecular complexity index is 308. The molecule has 7 nitrogen and oxygen atoms in total. The molecule has 16 heavy (non-hydrogen) atoms. The van der Waals surface area contributed by atoms with Gasteiger partial charge in [0.25, 0.3) is 0 Å². The van der Waals surface area contributed by atoms with Crippen molar-refractivity contribution in [1.82, 2.24) is 15.5 Å². The van der Waals surface area contributed by atoms with E-state index >= 15 is 0 Å². The number of carbonyl (C=O) groups is 3. The predicted octanol–water partition coefficient (Wildman–Crippen LogP) is -1.99. The Morgan fingerprint density at radius 1 is 1.56 bits per heavy atom. The lowest BCUT2D eigenvalue weighted by atomic mass is 10.2. The Morgan fingerprint density at radius 2 is 2.19 bits per heavy atom. The SMILES string of the molecule is CC(C(=O)O)N(C)C(=O)C1CNC(=O)CN1. The Labute approximate surface area is 92.8 Å². The molecule has 90 valence electrons. The van der Waals surface area contributed by atoms with E-state index in [9.17, 15) is 14.4 Å². The van der Waals surface area contributed by atoms with Crippen LogP contribution in [0, 0.1) is 0 Å². The molecule has 7 heteroatoms. The molecule has 0 aliphatic carbocycles. The molecule has 0 aromatic carbocycles. The van der Waals surface area contributed by atoms with Gasteiger partial charge in [0.15, 0.2) is 0 Å². The largest absolute Gasteiger partial charge is 0.480 e. The first-order valence-corrected chi connectivity index (χ1v) is 4.93. The van der Waals surface area contributed by atoms with Gasteiger partial charge >= 0.3 is 5.97 Å². The van der Waals surface area contributed by atoms with Gasteiger partial charge in [-0.05, 0) is 6.92 Å². The molecular weight excluding hydrogens is 214 g/mol. The summed E-state index contributed by atoms with van der Waals surface area (Å²) in [6, 6.07) is -1.43. The molecule has 0 aromatic heterocycles. The minimum Gasteiger partial charge on any atom is -0.480 e. The van der Waals surface area contributed by atoms with Crippen molar-refractivity contribution >= 4 is 17.8 Å². The van der Waals surface area contributed by atoms with E-state index in [1.807, 2.05) is 0 Å². The molecule has 0 aromatic rings. The second-order valence-corrected chi connectivity index (χ2v) is 3.70. The lowest BCUT2D eigenvalue weighted by molar-refractivity contribution is -0.149. The van der Waals surface area contributed by atoms with E-state index in [0.717, 1.165) is 4.90 Å². The maximum atomic E-state index is 11.8. The van der Waals surface area contributed by atoms with Crippen molar-refractivity contribution in [3.63, 3.8) is 0 Å². The van der Waals surface area contributed by atoms with Crippen LogP contribution in [0.2, 0.25) is 0 Å². The number of carbonyl (C=O) groups excluding carboxylic acids is 2. The van der Waals surface area contributed by atoms with E-state index in [1.165, 1.54) is 14.0 Å². The summed E-state index contributed by atoms with van der Waals surface area (Å²) in [5, 5.41) is 14.0. The van der Waals surface area contributed by atoms with Crippen LogP contribution in [0.15, 0.2) is 0 Å². The number of likely N-dealkylation sites (N-methyl/N-ethyl adjacent to an activating group) is 1. The molecule has 3 N–H and O–H groups in total. The van der Waals surface area contributed by atoms with Gasteiger partial charge in [0, 0.05) is 13.6 Å². The van der Waals surface area contributed by atoms with E-state index in [2.05, 4.69) is 10.6 Å². The van der Waals surface area contributed by atoms with E-state index < -0.39 is 18.1 Å². The topological polar surface area (TPSA) is 98.7 Å². The fourth-order valence-electron chi connectivity index (χ4n) is 1.34. The van der Waals surface area contributed by atoms with Gasteiger partial charge in [-0.1, -0.05) is 0 Å². The van der Waals surface area contributed by atoms with E-state index in [4.69, 9.17) is 5.11 Å². The summed E-state index contributed by atoms with van der Waals surface area (Å²) in [4.78, 5) is 34.5. The number of hydrogen-bond donors (Lipinski definition) is 3. The number of carboxylic acid groups (broad SMARTS) is 1. The lowest BCUT2D eigenvalue weighted by Crippen LogP contribution is -2.59. The highest BCUT2D eigenvalue weighted by atomic mass is 16.4. The number of hydrogen-bond acceptors (Lipinski definition) is 4. The Hall–Kier alpha value is -1.63. The average Bonchev–Trinajstić information content (AvgIpc) is 2.27. The minimum atomic E-state index is -1.06.